The summed E-state index contributed by atoms with van der Waals surface area (Å²) in [6.07, 6.45) is 1.19. The van der Waals surface area contributed by atoms with Crippen LogP contribution in [0.15, 0.2) is 60.7 Å². The molecule has 0 heterocycles. The molecular weight excluding hydrogens is 227 g/mol. The van der Waals surface area contributed by atoms with Crippen molar-refractivity contribution >= 4 is 28.8 Å². The topological polar surface area (TPSA) is 0 Å². The highest BCUT2D eigenvalue weighted by Crippen LogP contribution is 2.33. The summed E-state index contributed by atoms with van der Waals surface area (Å²) >= 11 is 0. The van der Waals surface area contributed by atoms with E-state index < -0.39 is 0 Å². The van der Waals surface area contributed by atoms with Crippen molar-refractivity contribution in [1.82, 2.24) is 0 Å². The van der Waals surface area contributed by atoms with Crippen molar-refractivity contribution in [2.75, 3.05) is 6.16 Å². The molecule has 0 nitrogen and oxygen atoms in total. The van der Waals surface area contributed by atoms with E-state index in [1.807, 2.05) is 0 Å². The van der Waals surface area contributed by atoms with E-state index in [-0.39, 0.29) is 7.92 Å². The molecule has 79 valence electrons. The lowest BCUT2D eigenvalue weighted by atomic mass is 10.4. The molecule has 2 heteroatoms. The van der Waals surface area contributed by atoms with Gasteiger partial charge in [0.1, 0.15) is 0 Å². The third-order valence-corrected chi connectivity index (χ3v) is 5.66. The van der Waals surface area contributed by atoms with Crippen LogP contribution in [0.2, 0.25) is 6.04 Å². The van der Waals surface area contributed by atoms with E-state index >= 15 is 0 Å². The predicted molar refractivity (Wildman–Crippen MR) is 74.5 cm³/mol. The molecule has 0 aliphatic heterocycles. The van der Waals surface area contributed by atoms with Crippen LogP contribution in [0.1, 0.15) is 0 Å². The fourth-order valence-electron chi connectivity index (χ4n) is 1.73. The first-order valence-corrected chi connectivity index (χ1v) is 7.67. The molecule has 3 radical (unpaired) electrons. The van der Waals surface area contributed by atoms with Gasteiger partial charge in [0.2, 0.25) is 0 Å². The highest BCUT2D eigenvalue weighted by atomic mass is 31.1. The van der Waals surface area contributed by atoms with Crippen molar-refractivity contribution in [3.8, 4) is 0 Å². The molecule has 0 saturated carbocycles. The van der Waals surface area contributed by atoms with E-state index in [4.69, 9.17) is 0 Å². The van der Waals surface area contributed by atoms with Gasteiger partial charge < -0.3 is 0 Å². The van der Waals surface area contributed by atoms with Gasteiger partial charge >= 0.3 is 0 Å². The second-order valence-electron chi connectivity index (χ2n) is 3.57. The number of rotatable bonds is 4. The van der Waals surface area contributed by atoms with E-state index in [2.05, 4.69) is 70.9 Å². The van der Waals surface area contributed by atoms with E-state index in [1.54, 1.807) is 0 Å². The van der Waals surface area contributed by atoms with Gasteiger partial charge in [-0.2, -0.15) is 0 Å². The lowest BCUT2D eigenvalue weighted by Gasteiger charge is -2.17. The molecule has 0 aliphatic rings. The van der Waals surface area contributed by atoms with E-state index in [0.717, 1.165) is 6.04 Å². The summed E-state index contributed by atoms with van der Waals surface area (Å²) in [7, 11) is 3.41. The van der Waals surface area contributed by atoms with Crippen LogP contribution in [0.3, 0.4) is 0 Å². The van der Waals surface area contributed by atoms with Crippen LogP contribution in [-0.2, 0) is 0 Å². The quantitative estimate of drug-likeness (QED) is 0.570. The molecule has 2 aromatic carbocycles. The molecule has 0 bridgehead atoms. The highest BCUT2D eigenvalue weighted by molar-refractivity contribution is 7.73. The van der Waals surface area contributed by atoms with Gasteiger partial charge in [-0.05, 0) is 24.7 Å². The monoisotopic (exact) mass is 241 g/mol. The molecule has 0 N–H and O–H groups in total. The van der Waals surface area contributed by atoms with Crippen molar-refractivity contribution in [3.63, 3.8) is 0 Å². The molecule has 0 amide bonds. The van der Waals surface area contributed by atoms with Gasteiger partial charge in [-0.15, -0.1) is 0 Å². The van der Waals surface area contributed by atoms with Crippen LogP contribution in [0.5, 0.6) is 0 Å². The lowest BCUT2D eigenvalue weighted by Crippen LogP contribution is -2.13. The Kier molecular flexibility index (Phi) is 4.32. The Morgan fingerprint density at radius 2 is 1.19 bits per heavy atom. The third-order valence-electron chi connectivity index (χ3n) is 2.47. The molecule has 0 saturated heterocycles. The first-order chi connectivity index (χ1) is 7.92. The molecule has 0 atom stereocenters. The van der Waals surface area contributed by atoms with Crippen molar-refractivity contribution in [3.05, 3.63) is 60.7 Å². The summed E-state index contributed by atoms with van der Waals surface area (Å²) in [6, 6.07) is 22.7. The zero-order valence-electron chi connectivity index (χ0n) is 9.13. The standard InChI is InChI=1S/C14H14PSi/c16-12-11-15(13-7-3-1-4-8-13)14-9-5-2-6-10-14/h1-10H,11-12H2. The van der Waals surface area contributed by atoms with E-state index in [0.29, 0.717) is 0 Å². The summed E-state index contributed by atoms with van der Waals surface area (Å²) in [5.74, 6) is 0. The Labute approximate surface area is 102 Å². The fraction of sp³-hybridized carbons (Fsp3) is 0.143. The zero-order valence-corrected chi connectivity index (χ0v) is 11.0. The van der Waals surface area contributed by atoms with Crippen LogP contribution in [0.4, 0.5) is 0 Å². The third kappa shape index (κ3) is 2.81. The summed E-state index contributed by atoms with van der Waals surface area (Å²) < 4.78 is 0. The van der Waals surface area contributed by atoms with E-state index in [9.17, 15) is 0 Å². The Hall–Kier alpha value is -0.913. The SMILES string of the molecule is [Si]CCP(c1ccccc1)c1ccccc1. The molecule has 0 aliphatic carbocycles. The Balaban J connectivity index is 2.31. The summed E-state index contributed by atoms with van der Waals surface area (Å²) in [6.45, 7) is 0. The molecule has 16 heavy (non-hydrogen) atoms. The molecule has 0 unspecified atom stereocenters. The second-order valence-corrected chi connectivity index (χ2v) is 6.41. The largest absolute Gasteiger partial charge is 0.0622 e. The molecule has 2 aromatic rings. The minimum atomic E-state index is -0.200. The van der Waals surface area contributed by atoms with Crippen molar-refractivity contribution in [2.45, 2.75) is 6.04 Å². The lowest BCUT2D eigenvalue weighted by molar-refractivity contribution is 1.48. The molecular formula is C14H14PSi. The van der Waals surface area contributed by atoms with Crippen molar-refractivity contribution in [1.29, 1.82) is 0 Å². The van der Waals surface area contributed by atoms with Crippen LogP contribution < -0.4 is 10.6 Å². The van der Waals surface area contributed by atoms with Gasteiger partial charge in [0.25, 0.3) is 0 Å². The number of benzene rings is 2. The van der Waals surface area contributed by atoms with Gasteiger partial charge in [0.15, 0.2) is 0 Å². The minimum absolute atomic E-state index is 0.200. The van der Waals surface area contributed by atoms with Crippen LogP contribution >= 0.6 is 7.92 Å². The molecule has 0 aromatic heterocycles. The minimum Gasteiger partial charge on any atom is -0.0622 e. The van der Waals surface area contributed by atoms with Gasteiger partial charge in [0.05, 0.1) is 0 Å². The van der Waals surface area contributed by atoms with Crippen molar-refractivity contribution in [2.24, 2.45) is 0 Å². The first-order valence-electron chi connectivity index (χ1n) is 5.44. The summed E-state index contributed by atoms with van der Waals surface area (Å²) in [4.78, 5) is 0. The maximum Gasteiger partial charge on any atom is 0.0226 e. The molecule has 0 spiro atoms. The number of hydrogen-bond acceptors (Lipinski definition) is 0. The van der Waals surface area contributed by atoms with Crippen LogP contribution in [-0.4, -0.2) is 16.4 Å². The van der Waals surface area contributed by atoms with Gasteiger partial charge in [-0.1, -0.05) is 66.7 Å². The Morgan fingerprint density at radius 1 is 0.750 bits per heavy atom. The highest BCUT2D eigenvalue weighted by Gasteiger charge is 2.11. The molecule has 0 fully saturated rings. The van der Waals surface area contributed by atoms with Crippen molar-refractivity contribution < 1.29 is 0 Å². The van der Waals surface area contributed by atoms with E-state index in [1.165, 1.54) is 16.8 Å². The Morgan fingerprint density at radius 3 is 1.56 bits per heavy atom. The van der Waals surface area contributed by atoms with Gasteiger partial charge in [-0.3, -0.25) is 0 Å². The Bertz CT molecular complexity index is 374. The van der Waals surface area contributed by atoms with Crippen LogP contribution in [0, 0.1) is 0 Å². The zero-order chi connectivity index (χ0) is 11.2. The fourth-order valence-corrected chi connectivity index (χ4v) is 4.51. The smallest absolute Gasteiger partial charge is 0.0226 e. The summed E-state index contributed by atoms with van der Waals surface area (Å²) in [5, 5.41) is 2.92. The normalized spacial score (nSPS) is 10.6. The average Bonchev–Trinajstić information content (AvgIpc) is 2.38. The second kappa shape index (κ2) is 5.98. The predicted octanol–water partition coefficient (Wildman–Crippen LogP) is 2.71. The summed E-state index contributed by atoms with van der Waals surface area (Å²) in [5.41, 5.74) is 0. The average molecular weight is 241 g/mol. The number of hydrogen-bond donors (Lipinski definition) is 0. The van der Waals surface area contributed by atoms with Gasteiger partial charge in [0, 0.05) is 10.2 Å². The maximum atomic E-state index is 3.61. The molecule has 2 rings (SSSR count). The maximum absolute atomic E-state index is 3.61. The van der Waals surface area contributed by atoms with Crippen LogP contribution in [0.25, 0.3) is 0 Å². The first kappa shape index (κ1) is 11.6. The van der Waals surface area contributed by atoms with Gasteiger partial charge in [-0.25, -0.2) is 0 Å².